The fourth-order valence-corrected chi connectivity index (χ4v) is 2.02. The van der Waals surface area contributed by atoms with E-state index in [0.29, 0.717) is 12.3 Å². The van der Waals surface area contributed by atoms with Crippen molar-refractivity contribution in [3.8, 4) is 0 Å². The summed E-state index contributed by atoms with van der Waals surface area (Å²) in [5.74, 6) is 0.714. The number of hydrogen-bond donors (Lipinski definition) is 0. The minimum absolute atomic E-state index is 0.236. The summed E-state index contributed by atoms with van der Waals surface area (Å²) in [6, 6.07) is 7.87. The molecular weight excluding hydrogens is 242 g/mol. The Hall–Kier alpha value is -0.830. The van der Waals surface area contributed by atoms with Crippen LogP contribution in [0, 0.1) is 5.92 Å². The maximum Gasteiger partial charge on any atom is 0.227 e. The van der Waals surface area contributed by atoms with Crippen LogP contribution < -0.4 is 4.90 Å². The van der Waals surface area contributed by atoms with Gasteiger partial charge in [0.25, 0.3) is 0 Å². The van der Waals surface area contributed by atoms with E-state index in [4.69, 9.17) is 0 Å². The molecule has 1 saturated heterocycles. The molecule has 1 heterocycles. The number of carbonyl (C=O) groups excluding carboxylic acids is 1. The number of benzene rings is 1. The van der Waals surface area contributed by atoms with Gasteiger partial charge in [-0.15, -0.1) is 0 Å². The molecule has 0 N–H and O–H groups in total. The molecule has 1 aromatic carbocycles. The first kappa shape index (κ1) is 9.71. The summed E-state index contributed by atoms with van der Waals surface area (Å²) in [5, 5.41) is 0. The van der Waals surface area contributed by atoms with Gasteiger partial charge in [-0.3, -0.25) is 4.79 Å². The Morgan fingerprint density at radius 3 is 2.50 bits per heavy atom. The lowest BCUT2D eigenvalue weighted by Gasteiger charge is -2.15. The van der Waals surface area contributed by atoms with E-state index >= 15 is 0 Å². The molecule has 1 aliphatic heterocycles. The summed E-state index contributed by atoms with van der Waals surface area (Å²) in [5.41, 5.74) is 1.00. The van der Waals surface area contributed by atoms with Gasteiger partial charge in [-0.2, -0.15) is 0 Å². The van der Waals surface area contributed by atoms with Crippen molar-refractivity contribution in [1.82, 2.24) is 0 Å². The predicted octanol–water partition coefficient (Wildman–Crippen LogP) is 2.82. The first-order valence-electron chi connectivity index (χ1n) is 4.73. The van der Waals surface area contributed by atoms with Crippen LogP contribution >= 0.6 is 15.9 Å². The Kier molecular flexibility index (Phi) is 2.59. The van der Waals surface area contributed by atoms with Crippen molar-refractivity contribution < 1.29 is 4.79 Å². The maximum atomic E-state index is 11.6. The van der Waals surface area contributed by atoms with E-state index in [-0.39, 0.29) is 5.91 Å². The molecule has 1 fully saturated rings. The average molecular weight is 254 g/mol. The molecular formula is C11H12BrNO. The first-order chi connectivity index (χ1) is 6.66. The number of amides is 1. The molecule has 2 nitrogen and oxygen atoms in total. The van der Waals surface area contributed by atoms with Crippen molar-refractivity contribution in [2.24, 2.45) is 5.92 Å². The quantitative estimate of drug-likeness (QED) is 0.754. The van der Waals surface area contributed by atoms with Gasteiger partial charge in [-0.1, -0.05) is 22.9 Å². The fourth-order valence-electron chi connectivity index (χ4n) is 1.76. The Bertz CT molecular complexity index is 347. The molecule has 74 valence electrons. The van der Waals surface area contributed by atoms with Crippen LogP contribution in [0.15, 0.2) is 28.7 Å². The molecule has 1 aromatic rings. The van der Waals surface area contributed by atoms with Gasteiger partial charge in [0.1, 0.15) is 0 Å². The van der Waals surface area contributed by atoms with Gasteiger partial charge in [-0.05, 0) is 30.2 Å². The number of nitrogens with zero attached hydrogens (tertiary/aromatic N) is 1. The number of hydrogen-bond acceptors (Lipinski definition) is 1. The summed E-state index contributed by atoms with van der Waals surface area (Å²) in [4.78, 5) is 13.4. The lowest BCUT2D eigenvalue weighted by molar-refractivity contribution is -0.117. The zero-order valence-electron chi connectivity index (χ0n) is 8.03. The van der Waals surface area contributed by atoms with E-state index in [1.807, 2.05) is 29.2 Å². The number of anilines is 1. The second-order valence-corrected chi connectivity index (χ2v) is 4.71. The van der Waals surface area contributed by atoms with Crippen LogP contribution in [0.4, 0.5) is 5.69 Å². The third-order valence-corrected chi connectivity index (χ3v) is 2.99. The van der Waals surface area contributed by atoms with Gasteiger partial charge < -0.3 is 4.90 Å². The van der Waals surface area contributed by atoms with Crippen molar-refractivity contribution in [3.63, 3.8) is 0 Å². The monoisotopic (exact) mass is 253 g/mol. The maximum absolute atomic E-state index is 11.6. The minimum Gasteiger partial charge on any atom is -0.312 e. The van der Waals surface area contributed by atoms with Crippen molar-refractivity contribution in [3.05, 3.63) is 28.7 Å². The summed E-state index contributed by atoms with van der Waals surface area (Å²) in [6.07, 6.45) is 0.677. The number of carbonyl (C=O) groups is 1. The number of halogens is 1. The van der Waals surface area contributed by atoms with Gasteiger partial charge in [0.2, 0.25) is 5.91 Å². The highest BCUT2D eigenvalue weighted by Gasteiger charge is 2.27. The molecule has 0 saturated carbocycles. The van der Waals surface area contributed by atoms with Crippen molar-refractivity contribution in [2.75, 3.05) is 11.4 Å². The smallest absolute Gasteiger partial charge is 0.227 e. The van der Waals surface area contributed by atoms with Crippen molar-refractivity contribution in [2.45, 2.75) is 13.3 Å². The highest BCUT2D eigenvalue weighted by Crippen LogP contribution is 2.25. The minimum atomic E-state index is 0.236. The van der Waals surface area contributed by atoms with Crippen LogP contribution in [0.1, 0.15) is 13.3 Å². The van der Waals surface area contributed by atoms with Crippen LogP contribution in [0.25, 0.3) is 0 Å². The summed E-state index contributed by atoms with van der Waals surface area (Å²) in [6.45, 7) is 2.96. The highest BCUT2D eigenvalue weighted by molar-refractivity contribution is 9.10. The third kappa shape index (κ3) is 1.82. The van der Waals surface area contributed by atoms with Gasteiger partial charge in [-0.25, -0.2) is 0 Å². The van der Waals surface area contributed by atoms with Crippen LogP contribution in [-0.4, -0.2) is 12.5 Å². The molecule has 14 heavy (non-hydrogen) atoms. The van der Waals surface area contributed by atoms with Crippen molar-refractivity contribution in [1.29, 1.82) is 0 Å². The Labute approximate surface area is 92.0 Å². The SMILES string of the molecule is CC1CC(=O)N(c2ccc(Br)cc2)C1. The van der Waals surface area contributed by atoms with Crippen molar-refractivity contribution >= 4 is 27.5 Å². The molecule has 3 heteroatoms. The van der Waals surface area contributed by atoms with Gasteiger partial charge >= 0.3 is 0 Å². The third-order valence-electron chi connectivity index (χ3n) is 2.46. The zero-order chi connectivity index (χ0) is 10.1. The second kappa shape index (κ2) is 3.73. The van der Waals surface area contributed by atoms with Crippen LogP contribution in [0.2, 0.25) is 0 Å². The Morgan fingerprint density at radius 1 is 1.36 bits per heavy atom. The van der Waals surface area contributed by atoms with E-state index in [1.54, 1.807) is 0 Å². The normalized spacial score (nSPS) is 21.7. The average Bonchev–Trinajstić information content (AvgIpc) is 2.47. The molecule has 1 unspecified atom stereocenters. The van der Waals surface area contributed by atoms with E-state index in [1.165, 1.54) is 0 Å². The molecule has 0 spiro atoms. The topological polar surface area (TPSA) is 20.3 Å². The lowest BCUT2D eigenvalue weighted by atomic mass is 10.2. The van der Waals surface area contributed by atoms with Crippen LogP contribution in [0.3, 0.4) is 0 Å². The highest BCUT2D eigenvalue weighted by atomic mass is 79.9. The Balaban J connectivity index is 2.23. The standard InChI is InChI=1S/C11H12BrNO/c1-8-6-11(14)13(7-8)10-4-2-9(12)3-5-10/h2-5,8H,6-7H2,1H3. The van der Waals surface area contributed by atoms with Gasteiger partial charge in [0.05, 0.1) is 0 Å². The van der Waals surface area contributed by atoms with Gasteiger partial charge in [0, 0.05) is 23.1 Å². The molecule has 1 aliphatic rings. The largest absolute Gasteiger partial charge is 0.312 e. The molecule has 2 rings (SSSR count). The summed E-state index contributed by atoms with van der Waals surface area (Å²) >= 11 is 3.38. The van der Waals surface area contributed by atoms with Gasteiger partial charge in [0.15, 0.2) is 0 Å². The first-order valence-corrected chi connectivity index (χ1v) is 5.52. The van der Waals surface area contributed by atoms with E-state index < -0.39 is 0 Å². The summed E-state index contributed by atoms with van der Waals surface area (Å²) in [7, 11) is 0. The second-order valence-electron chi connectivity index (χ2n) is 3.79. The Morgan fingerprint density at radius 2 is 2.00 bits per heavy atom. The molecule has 0 bridgehead atoms. The molecule has 0 aliphatic carbocycles. The predicted molar refractivity (Wildman–Crippen MR) is 60.3 cm³/mol. The summed E-state index contributed by atoms with van der Waals surface area (Å²) < 4.78 is 1.04. The molecule has 0 radical (unpaired) electrons. The molecule has 1 atom stereocenters. The van der Waals surface area contributed by atoms with Crippen LogP contribution in [0.5, 0.6) is 0 Å². The van der Waals surface area contributed by atoms with Crippen LogP contribution in [-0.2, 0) is 4.79 Å². The lowest BCUT2D eigenvalue weighted by Crippen LogP contribution is -2.24. The molecule has 0 aromatic heterocycles. The van der Waals surface area contributed by atoms with E-state index in [0.717, 1.165) is 16.7 Å². The van der Waals surface area contributed by atoms with E-state index in [9.17, 15) is 4.79 Å². The zero-order valence-corrected chi connectivity index (χ0v) is 9.62. The van der Waals surface area contributed by atoms with E-state index in [2.05, 4.69) is 22.9 Å². The number of rotatable bonds is 1. The molecule has 1 amide bonds. The fraction of sp³-hybridized carbons (Fsp3) is 0.364.